The summed E-state index contributed by atoms with van der Waals surface area (Å²) in [5, 5.41) is 2.45. The first-order valence-electron chi connectivity index (χ1n) is 10.2. The van der Waals surface area contributed by atoms with Crippen molar-refractivity contribution in [2.24, 2.45) is 0 Å². The van der Waals surface area contributed by atoms with E-state index in [1.54, 1.807) is 0 Å². The molecule has 3 aromatic carbocycles. The monoisotopic (exact) mass is 421 g/mol. The summed E-state index contributed by atoms with van der Waals surface area (Å²) in [4.78, 5) is 4.87. The molecule has 0 fully saturated rings. The Balaban J connectivity index is 1.78. The van der Waals surface area contributed by atoms with Gasteiger partial charge in [-0.2, -0.15) is 0 Å². The summed E-state index contributed by atoms with van der Waals surface area (Å²) in [5.41, 5.74) is 6.08. The maximum absolute atomic E-state index is 6.01. The van der Waals surface area contributed by atoms with Gasteiger partial charge in [-0.3, -0.25) is 0 Å². The highest BCUT2D eigenvalue weighted by Crippen LogP contribution is 2.36. The zero-order valence-electron chi connectivity index (χ0n) is 16.6. The number of alkyl halides is 2. The molecule has 4 rings (SSSR count). The minimum absolute atomic E-state index is 0.265. The van der Waals surface area contributed by atoms with Crippen LogP contribution >= 0.6 is 23.2 Å². The van der Waals surface area contributed by atoms with Gasteiger partial charge in [0, 0.05) is 28.5 Å². The minimum Gasteiger partial charge on any atom is -0.248 e. The van der Waals surface area contributed by atoms with Crippen LogP contribution in [0.2, 0.25) is 0 Å². The lowest BCUT2D eigenvalue weighted by molar-refractivity contribution is 0.648. The van der Waals surface area contributed by atoms with E-state index in [0.29, 0.717) is 17.7 Å². The Kier molecular flexibility index (Phi) is 6.37. The number of hydrogen-bond acceptors (Lipinski definition) is 1. The molecule has 1 aromatic heterocycles. The van der Waals surface area contributed by atoms with Gasteiger partial charge in [0.25, 0.3) is 0 Å². The summed E-state index contributed by atoms with van der Waals surface area (Å²) in [6.45, 7) is 2.29. The smallest absolute Gasteiger partial charge is 0.0712 e. The molecule has 0 unspecified atom stereocenters. The second-order valence-electron chi connectivity index (χ2n) is 7.60. The first kappa shape index (κ1) is 20.2. The molecule has 1 nitrogen and oxygen atoms in total. The van der Waals surface area contributed by atoms with Crippen molar-refractivity contribution in [1.82, 2.24) is 4.98 Å². The highest BCUT2D eigenvalue weighted by molar-refractivity contribution is 6.18. The van der Waals surface area contributed by atoms with Crippen molar-refractivity contribution in [3.63, 3.8) is 0 Å². The van der Waals surface area contributed by atoms with E-state index < -0.39 is 0 Å². The van der Waals surface area contributed by atoms with Crippen LogP contribution in [0.3, 0.4) is 0 Å². The van der Waals surface area contributed by atoms with Crippen LogP contribution in [0.25, 0.3) is 21.8 Å². The van der Waals surface area contributed by atoms with Gasteiger partial charge in [-0.05, 0) is 47.6 Å². The van der Waals surface area contributed by atoms with Crippen molar-refractivity contribution in [2.45, 2.75) is 31.6 Å². The molecular weight excluding hydrogens is 397 g/mol. The number of para-hydroxylation sites is 2. The van der Waals surface area contributed by atoms with E-state index >= 15 is 0 Å². The van der Waals surface area contributed by atoms with Crippen LogP contribution < -0.4 is 0 Å². The predicted molar refractivity (Wildman–Crippen MR) is 127 cm³/mol. The van der Waals surface area contributed by atoms with Crippen LogP contribution in [0.15, 0.2) is 72.8 Å². The molecule has 148 valence electrons. The Hall–Kier alpha value is -2.09. The quantitative estimate of drug-likeness (QED) is 0.218. The minimum atomic E-state index is 0.265. The summed E-state index contributed by atoms with van der Waals surface area (Å²) >= 11 is 12.0. The van der Waals surface area contributed by atoms with E-state index in [9.17, 15) is 0 Å². The van der Waals surface area contributed by atoms with Gasteiger partial charge in [-0.1, -0.05) is 67.6 Å². The third-order valence-electron chi connectivity index (χ3n) is 5.89. The summed E-state index contributed by atoms with van der Waals surface area (Å²) in [5.74, 6) is 2.02. The molecule has 1 atom stereocenters. The van der Waals surface area contributed by atoms with Crippen LogP contribution in [-0.2, 0) is 0 Å². The van der Waals surface area contributed by atoms with E-state index in [0.717, 1.165) is 23.9 Å². The van der Waals surface area contributed by atoms with Crippen molar-refractivity contribution < 1.29 is 0 Å². The van der Waals surface area contributed by atoms with Gasteiger partial charge >= 0.3 is 0 Å². The van der Waals surface area contributed by atoms with Crippen molar-refractivity contribution in [3.05, 3.63) is 89.5 Å². The Morgan fingerprint density at radius 1 is 0.690 bits per heavy atom. The van der Waals surface area contributed by atoms with Gasteiger partial charge in [0.1, 0.15) is 0 Å². The van der Waals surface area contributed by atoms with Gasteiger partial charge < -0.3 is 0 Å². The second kappa shape index (κ2) is 9.15. The fourth-order valence-corrected chi connectivity index (χ4v) is 4.83. The number of rotatable bonds is 7. The largest absolute Gasteiger partial charge is 0.248 e. The molecule has 0 amide bonds. The molecule has 0 radical (unpaired) electrons. The van der Waals surface area contributed by atoms with Gasteiger partial charge in [-0.15, -0.1) is 23.2 Å². The average molecular weight is 422 g/mol. The average Bonchev–Trinajstić information content (AvgIpc) is 2.77. The Labute approximate surface area is 182 Å². The Bertz CT molecular complexity index is 1040. The maximum atomic E-state index is 6.01. The summed E-state index contributed by atoms with van der Waals surface area (Å²) in [6.07, 6.45) is 1.92. The highest BCUT2D eigenvalue weighted by atomic mass is 35.5. The number of pyridine rings is 1. The lowest BCUT2D eigenvalue weighted by atomic mass is 9.86. The van der Waals surface area contributed by atoms with E-state index in [2.05, 4.69) is 79.7 Å². The van der Waals surface area contributed by atoms with E-state index in [1.807, 2.05) is 0 Å². The summed E-state index contributed by atoms with van der Waals surface area (Å²) < 4.78 is 0. The SMILES string of the molecule is C[C@@H](c1ccc(C(CCCl)CCCl)cc1)c1c2ccccc2nc2ccccc12. The molecule has 3 heteroatoms. The Morgan fingerprint density at radius 3 is 1.69 bits per heavy atom. The third-order valence-corrected chi connectivity index (χ3v) is 6.32. The van der Waals surface area contributed by atoms with Gasteiger partial charge in [-0.25, -0.2) is 4.98 Å². The number of hydrogen-bond donors (Lipinski definition) is 0. The fraction of sp³-hybridized carbons (Fsp3) is 0.269. The van der Waals surface area contributed by atoms with Crippen molar-refractivity contribution in [2.75, 3.05) is 11.8 Å². The lowest BCUT2D eigenvalue weighted by Crippen LogP contribution is -2.03. The first-order valence-corrected chi connectivity index (χ1v) is 11.3. The zero-order chi connectivity index (χ0) is 20.2. The molecule has 0 N–H and O–H groups in total. The fourth-order valence-electron chi connectivity index (χ4n) is 4.30. The maximum Gasteiger partial charge on any atom is 0.0712 e. The molecule has 0 spiro atoms. The summed E-state index contributed by atoms with van der Waals surface area (Å²) in [6, 6.07) is 25.9. The third kappa shape index (κ3) is 4.13. The number of fused-ring (bicyclic) bond motifs is 2. The topological polar surface area (TPSA) is 12.9 Å². The van der Waals surface area contributed by atoms with E-state index in [1.165, 1.54) is 27.5 Å². The molecule has 0 saturated carbocycles. The molecule has 29 heavy (non-hydrogen) atoms. The molecule has 1 heterocycles. The lowest BCUT2D eigenvalue weighted by Gasteiger charge is -2.20. The van der Waals surface area contributed by atoms with Gasteiger partial charge in [0.05, 0.1) is 11.0 Å². The normalized spacial score (nSPS) is 12.7. The van der Waals surface area contributed by atoms with Crippen LogP contribution in [0.4, 0.5) is 0 Å². The molecule has 0 aliphatic carbocycles. The highest BCUT2D eigenvalue weighted by Gasteiger charge is 2.17. The van der Waals surface area contributed by atoms with Crippen molar-refractivity contribution >= 4 is 45.0 Å². The van der Waals surface area contributed by atoms with Crippen molar-refractivity contribution in [1.29, 1.82) is 0 Å². The first-order chi connectivity index (χ1) is 14.2. The second-order valence-corrected chi connectivity index (χ2v) is 8.36. The summed E-state index contributed by atoms with van der Waals surface area (Å²) in [7, 11) is 0. The van der Waals surface area contributed by atoms with E-state index in [-0.39, 0.29) is 5.92 Å². The van der Waals surface area contributed by atoms with Crippen LogP contribution in [0.1, 0.15) is 48.3 Å². The number of halogens is 2. The number of benzene rings is 3. The van der Waals surface area contributed by atoms with Gasteiger partial charge in [0.15, 0.2) is 0 Å². The molecular formula is C26H25Cl2N. The zero-order valence-corrected chi connectivity index (χ0v) is 18.1. The number of nitrogens with zero attached hydrogens (tertiary/aromatic N) is 1. The van der Waals surface area contributed by atoms with Crippen LogP contribution in [0, 0.1) is 0 Å². The van der Waals surface area contributed by atoms with E-state index in [4.69, 9.17) is 28.2 Å². The molecule has 0 saturated heterocycles. The van der Waals surface area contributed by atoms with Gasteiger partial charge in [0.2, 0.25) is 0 Å². The molecule has 0 aliphatic rings. The predicted octanol–water partition coefficient (Wildman–Crippen LogP) is 7.88. The van der Waals surface area contributed by atoms with Crippen LogP contribution in [0.5, 0.6) is 0 Å². The van der Waals surface area contributed by atoms with Crippen LogP contribution in [-0.4, -0.2) is 16.7 Å². The molecule has 0 aliphatic heterocycles. The molecule has 0 bridgehead atoms. The standard InChI is InChI=1S/C26H25Cl2N/c1-18(19-10-12-20(13-11-19)21(14-16-27)15-17-28)26-22-6-2-4-8-24(22)29-25-9-5-3-7-23(25)26/h2-13,18,21H,14-17H2,1H3/t18-/m0/s1. The molecule has 4 aromatic rings. The Morgan fingerprint density at radius 2 is 1.17 bits per heavy atom. The number of aromatic nitrogens is 1. The van der Waals surface area contributed by atoms with Crippen molar-refractivity contribution in [3.8, 4) is 0 Å².